The average molecular weight is 289 g/mol. The first kappa shape index (κ1) is 12.2. The molecule has 0 heterocycles. The number of benzene rings is 1. The second kappa shape index (κ2) is 5.26. The fourth-order valence-electron chi connectivity index (χ4n) is 0.929. The summed E-state index contributed by atoms with van der Waals surface area (Å²) in [5.41, 5.74) is 1.38. The quantitative estimate of drug-likeness (QED) is 0.850. The van der Waals surface area contributed by atoms with Gasteiger partial charge in [-0.05, 0) is 17.7 Å². The van der Waals surface area contributed by atoms with Crippen LogP contribution >= 0.6 is 15.9 Å². The van der Waals surface area contributed by atoms with Gasteiger partial charge in [0.1, 0.15) is 4.66 Å². The van der Waals surface area contributed by atoms with Crippen LogP contribution in [0.4, 0.5) is 0 Å². The smallest absolute Gasteiger partial charge is 0.212 e. The van der Waals surface area contributed by atoms with E-state index in [2.05, 4.69) is 20.7 Å². The van der Waals surface area contributed by atoms with E-state index in [1.165, 1.54) is 0 Å². The molecule has 0 fully saturated rings. The molecule has 1 rings (SSSR count). The Labute approximate surface area is 97.1 Å². The number of nitrogens with zero attached hydrogens (tertiary/aromatic N) is 1. The molecule has 0 unspecified atom stereocenters. The molecule has 0 saturated heterocycles. The highest BCUT2D eigenvalue weighted by molar-refractivity contribution is 9.10. The molecule has 0 bridgehead atoms. The number of sulfonamides is 1. The van der Waals surface area contributed by atoms with Crippen LogP contribution in [0.2, 0.25) is 0 Å². The zero-order valence-electron chi connectivity index (χ0n) is 7.77. The number of rotatable bonds is 4. The van der Waals surface area contributed by atoms with Crippen LogP contribution in [0.5, 0.6) is 0 Å². The third kappa shape index (κ3) is 4.00. The molecule has 0 aromatic heterocycles. The molecule has 0 aliphatic rings. The lowest BCUT2D eigenvalue weighted by molar-refractivity contribution is 0.586. The van der Waals surface area contributed by atoms with Crippen molar-refractivity contribution in [1.29, 1.82) is 5.26 Å². The molecule has 0 saturated carbocycles. The van der Waals surface area contributed by atoms with Gasteiger partial charge in [-0.2, -0.15) is 5.26 Å². The zero-order chi connectivity index (χ0) is 11.3. The monoisotopic (exact) mass is 288 g/mol. The van der Waals surface area contributed by atoms with E-state index >= 15 is 0 Å². The van der Waals surface area contributed by atoms with E-state index in [0.29, 0.717) is 5.56 Å². The van der Waals surface area contributed by atoms with Crippen LogP contribution < -0.4 is 4.72 Å². The first-order valence-corrected chi connectivity index (χ1v) is 6.87. The van der Waals surface area contributed by atoms with Crippen LogP contribution in [0.1, 0.15) is 11.1 Å². The van der Waals surface area contributed by atoms with E-state index in [0.717, 1.165) is 5.56 Å². The highest BCUT2D eigenvalue weighted by Crippen LogP contribution is 2.03. The van der Waals surface area contributed by atoms with Gasteiger partial charge in [0.05, 0.1) is 11.6 Å². The molecule has 6 heteroatoms. The van der Waals surface area contributed by atoms with Crippen LogP contribution in [-0.4, -0.2) is 13.1 Å². The molecular weight excluding hydrogens is 280 g/mol. The van der Waals surface area contributed by atoms with Gasteiger partial charge in [0.15, 0.2) is 0 Å². The number of nitriles is 1. The lowest BCUT2D eigenvalue weighted by Gasteiger charge is -2.03. The summed E-state index contributed by atoms with van der Waals surface area (Å²) in [7, 11) is -3.23. The van der Waals surface area contributed by atoms with Gasteiger partial charge in [0, 0.05) is 6.54 Å². The Hall–Kier alpha value is -0.900. The topological polar surface area (TPSA) is 70.0 Å². The van der Waals surface area contributed by atoms with E-state index in [1.807, 2.05) is 6.07 Å². The summed E-state index contributed by atoms with van der Waals surface area (Å²) < 4.78 is 24.5. The van der Waals surface area contributed by atoms with E-state index in [9.17, 15) is 8.42 Å². The highest BCUT2D eigenvalue weighted by atomic mass is 79.9. The molecule has 0 aliphatic heterocycles. The molecule has 0 atom stereocenters. The van der Waals surface area contributed by atoms with E-state index in [1.54, 1.807) is 24.3 Å². The van der Waals surface area contributed by atoms with Crippen molar-refractivity contribution in [3.63, 3.8) is 0 Å². The summed E-state index contributed by atoms with van der Waals surface area (Å²) in [6.45, 7) is 0.236. The van der Waals surface area contributed by atoms with Gasteiger partial charge in [-0.3, -0.25) is 0 Å². The van der Waals surface area contributed by atoms with Crippen molar-refractivity contribution in [1.82, 2.24) is 4.72 Å². The fraction of sp³-hybridized carbons (Fsp3) is 0.222. The van der Waals surface area contributed by atoms with Gasteiger partial charge < -0.3 is 0 Å². The van der Waals surface area contributed by atoms with Crippen LogP contribution in [0.15, 0.2) is 24.3 Å². The Morgan fingerprint density at radius 3 is 2.40 bits per heavy atom. The third-order valence-electron chi connectivity index (χ3n) is 1.72. The van der Waals surface area contributed by atoms with Gasteiger partial charge in [0.25, 0.3) is 0 Å². The third-order valence-corrected chi connectivity index (χ3v) is 4.40. The van der Waals surface area contributed by atoms with Crippen molar-refractivity contribution < 1.29 is 8.42 Å². The summed E-state index contributed by atoms with van der Waals surface area (Å²) in [5.74, 6) is 0. The molecule has 0 radical (unpaired) electrons. The maximum Gasteiger partial charge on any atom is 0.221 e. The minimum Gasteiger partial charge on any atom is -0.212 e. The molecule has 80 valence electrons. The highest BCUT2D eigenvalue weighted by Gasteiger charge is 2.06. The number of hydrogen-bond acceptors (Lipinski definition) is 3. The van der Waals surface area contributed by atoms with E-state index < -0.39 is 10.0 Å². The Morgan fingerprint density at radius 1 is 1.33 bits per heavy atom. The zero-order valence-corrected chi connectivity index (χ0v) is 10.2. The Kier molecular flexibility index (Phi) is 4.27. The first-order chi connectivity index (χ1) is 7.07. The molecule has 15 heavy (non-hydrogen) atoms. The van der Waals surface area contributed by atoms with E-state index in [4.69, 9.17) is 5.26 Å². The summed E-state index contributed by atoms with van der Waals surface area (Å²) in [5, 5.41) is 8.56. The molecule has 4 nitrogen and oxygen atoms in total. The molecule has 0 spiro atoms. The van der Waals surface area contributed by atoms with Crippen molar-refractivity contribution in [2.75, 3.05) is 4.66 Å². The summed E-state index contributed by atoms with van der Waals surface area (Å²) >= 11 is 2.87. The van der Waals surface area contributed by atoms with Crippen molar-refractivity contribution in [3.05, 3.63) is 35.4 Å². The predicted octanol–water partition coefficient (Wildman–Crippen LogP) is 1.33. The average Bonchev–Trinajstić information content (AvgIpc) is 2.27. The van der Waals surface area contributed by atoms with Crippen LogP contribution in [0.3, 0.4) is 0 Å². The second-order valence-corrected chi connectivity index (χ2v) is 5.96. The standard InChI is InChI=1S/C9H9BrN2O2S/c10-7-15(13,14)12-6-9-3-1-8(5-11)2-4-9/h1-4,12H,6-7H2. The second-order valence-electron chi connectivity index (χ2n) is 2.85. The SMILES string of the molecule is N#Cc1ccc(CNS(=O)(=O)CBr)cc1. The summed E-state index contributed by atoms with van der Waals surface area (Å²) in [6.07, 6.45) is 0. The molecule has 1 aromatic rings. The number of hydrogen-bond donors (Lipinski definition) is 1. The first-order valence-electron chi connectivity index (χ1n) is 4.10. The molecule has 0 amide bonds. The fourth-order valence-corrected chi connectivity index (χ4v) is 1.88. The Balaban J connectivity index is 2.64. The van der Waals surface area contributed by atoms with Crippen LogP contribution in [0.25, 0.3) is 0 Å². The van der Waals surface area contributed by atoms with Crippen LogP contribution in [0, 0.1) is 11.3 Å². The molecule has 1 N–H and O–H groups in total. The lowest BCUT2D eigenvalue weighted by atomic mass is 10.1. The Bertz CT molecular complexity index is 462. The van der Waals surface area contributed by atoms with Gasteiger partial charge in [0.2, 0.25) is 10.0 Å². The van der Waals surface area contributed by atoms with E-state index in [-0.39, 0.29) is 11.2 Å². The predicted molar refractivity (Wildman–Crippen MR) is 60.7 cm³/mol. The minimum absolute atomic E-state index is 0.115. The normalized spacial score (nSPS) is 10.9. The lowest BCUT2D eigenvalue weighted by Crippen LogP contribution is -2.23. The molecule has 1 aromatic carbocycles. The van der Waals surface area contributed by atoms with Crippen molar-refractivity contribution in [3.8, 4) is 6.07 Å². The summed E-state index contributed by atoms with van der Waals surface area (Å²) in [6, 6.07) is 8.73. The van der Waals surface area contributed by atoms with Gasteiger partial charge in [-0.15, -0.1) is 0 Å². The van der Waals surface area contributed by atoms with Crippen molar-refractivity contribution >= 4 is 26.0 Å². The van der Waals surface area contributed by atoms with Crippen LogP contribution in [-0.2, 0) is 16.6 Å². The molecular formula is C9H9BrN2O2S. The maximum absolute atomic E-state index is 11.1. The van der Waals surface area contributed by atoms with Crippen molar-refractivity contribution in [2.45, 2.75) is 6.54 Å². The largest absolute Gasteiger partial charge is 0.221 e. The number of nitrogens with one attached hydrogen (secondary N) is 1. The Morgan fingerprint density at radius 2 is 1.93 bits per heavy atom. The van der Waals surface area contributed by atoms with Crippen molar-refractivity contribution in [2.24, 2.45) is 0 Å². The maximum atomic E-state index is 11.1. The summed E-state index contributed by atoms with van der Waals surface area (Å²) in [4.78, 5) is 0. The van der Waals surface area contributed by atoms with Gasteiger partial charge >= 0.3 is 0 Å². The van der Waals surface area contributed by atoms with Gasteiger partial charge in [-0.25, -0.2) is 13.1 Å². The molecule has 0 aliphatic carbocycles. The number of alkyl halides is 1. The van der Waals surface area contributed by atoms with Gasteiger partial charge in [-0.1, -0.05) is 28.1 Å². The number of halogens is 1. The minimum atomic E-state index is -3.23.